The zero-order valence-electron chi connectivity index (χ0n) is 13.8. The zero-order valence-corrected chi connectivity index (χ0v) is 14.6. The van der Waals surface area contributed by atoms with Crippen molar-refractivity contribution < 1.29 is 8.42 Å². The molecule has 25 heavy (non-hydrogen) atoms. The van der Waals surface area contributed by atoms with Crippen LogP contribution in [0.5, 0.6) is 0 Å². The highest BCUT2D eigenvalue weighted by atomic mass is 32.2. The lowest BCUT2D eigenvalue weighted by Crippen LogP contribution is -2.14. The van der Waals surface area contributed by atoms with Gasteiger partial charge in [0.15, 0.2) is 11.3 Å². The van der Waals surface area contributed by atoms with Gasteiger partial charge < -0.3 is 0 Å². The van der Waals surface area contributed by atoms with Gasteiger partial charge in [0.05, 0.1) is 29.5 Å². The molecule has 4 rings (SSSR count). The first-order valence-electron chi connectivity index (χ1n) is 7.48. The molecule has 9 nitrogen and oxygen atoms in total. The Morgan fingerprint density at radius 2 is 1.88 bits per heavy atom. The number of hydrogen-bond acceptors (Lipinski definition) is 6. The maximum absolute atomic E-state index is 12.7. The standard InChI is InChI=1S/C15H15N7O2S/c1-9-4-14-16-6-11(8-22(14)18-9)20-25(23,24)12-5-13-10(2)19-21(3)15(13)17-7-12/h4-8,20H,1-3H3. The van der Waals surface area contributed by atoms with Gasteiger partial charge in [-0.3, -0.25) is 9.40 Å². The molecule has 0 radical (unpaired) electrons. The molecule has 4 heterocycles. The van der Waals surface area contributed by atoms with Crippen molar-refractivity contribution in [3.63, 3.8) is 0 Å². The molecule has 10 heteroatoms. The maximum Gasteiger partial charge on any atom is 0.263 e. The van der Waals surface area contributed by atoms with E-state index in [1.165, 1.54) is 16.9 Å². The highest BCUT2D eigenvalue weighted by Gasteiger charge is 2.18. The lowest BCUT2D eigenvalue weighted by atomic mass is 10.3. The molecule has 0 saturated carbocycles. The third-order valence-electron chi connectivity index (χ3n) is 3.84. The molecule has 0 aromatic carbocycles. The van der Waals surface area contributed by atoms with Crippen LogP contribution in [-0.4, -0.2) is 37.8 Å². The fourth-order valence-electron chi connectivity index (χ4n) is 2.70. The number of rotatable bonds is 3. The minimum Gasteiger partial charge on any atom is -0.276 e. The summed E-state index contributed by atoms with van der Waals surface area (Å²) in [6.45, 7) is 3.65. The lowest BCUT2D eigenvalue weighted by molar-refractivity contribution is 0.601. The van der Waals surface area contributed by atoms with Gasteiger partial charge >= 0.3 is 0 Å². The van der Waals surface area contributed by atoms with Crippen molar-refractivity contribution in [1.82, 2.24) is 29.4 Å². The Bertz CT molecular complexity index is 1220. The number of aryl methyl sites for hydroxylation is 3. The summed E-state index contributed by atoms with van der Waals surface area (Å²) < 4.78 is 31.0. The van der Waals surface area contributed by atoms with Gasteiger partial charge in [0.1, 0.15) is 4.90 Å². The summed E-state index contributed by atoms with van der Waals surface area (Å²) in [5, 5.41) is 9.17. The van der Waals surface area contributed by atoms with E-state index in [0.717, 1.165) is 11.4 Å². The van der Waals surface area contributed by atoms with Gasteiger partial charge in [0.2, 0.25) is 0 Å². The topological polar surface area (TPSA) is 107 Å². The molecule has 0 unspecified atom stereocenters. The first kappa shape index (κ1) is 15.5. The predicted molar refractivity (Wildman–Crippen MR) is 91.8 cm³/mol. The van der Waals surface area contributed by atoms with E-state index in [1.807, 2.05) is 13.8 Å². The van der Waals surface area contributed by atoms with Gasteiger partial charge in [-0.1, -0.05) is 0 Å². The first-order chi connectivity index (χ1) is 11.8. The van der Waals surface area contributed by atoms with Crippen LogP contribution in [0.4, 0.5) is 5.69 Å². The van der Waals surface area contributed by atoms with E-state index in [2.05, 4.69) is 24.9 Å². The third-order valence-corrected chi connectivity index (χ3v) is 5.18. The largest absolute Gasteiger partial charge is 0.276 e. The average Bonchev–Trinajstić information content (AvgIpc) is 3.05. The number of pyridine rings is 1. The number of fused-ring (bicyclic) bond motifs is 2. The quantitative estimate of drug-likeness (QED) is 0.594. The molecule has 0 aliphatic rings. The van der Waals surface area contributed by atoms with Crippen molar-refractivity contribution in [2.24, 2.45) is 7.05 Å². The van der Waals surface area contributed by atoms with E-state index >= 15 is 0 Å². The number of sulfonamides is 1. The molecule has 4 aromatic heterocycles. The van der Waals surface area contributed by atoms with Gasteiger partial charge in [-0.2, -0.15) is 10.2 Å². The van der Waals surface area contributed by atoms with Crippen LogP contribution in [0, 0.1) is 13.8 Å². The Kier molecular flexibility index (Phi) is 3.25. The molecular formula is C15H15N7O2S. The molecule has 0 amide bonds. The van der Waals surface area contributed by atoms with Crippen LogP contribution in [0.15, 0.2) is 35.6 Å². The lowest BCUT2D eigenvalue weighted by Gasteiger charge is -2.08. The highest BCUT2D eigenvalue weighted by Crippen LogP contribution is 2.21. The van der Waals surface area contributed by atoms with E-state index in [-0.39, 0.29) is 4.90 Å². The van der Waals surface area contributed by atoms with Gasteiger partial charge in [0, 0.05) is 24.7 Å². The van der Waals surface area contributed by atoms with Crippen molar-refractivity contribution in [3.8, 4) is 0 Å². The van der Waals surface area contributed by atoms with Crippen LogP contribution in [0.3, 0.4) is 0 Å². The molecule has 1 N–H and O–H groups in total. The zero-order chi connectivity index (χ0) is 17.8. The Morgan fingerprint density at radius 1 is 1.08 bits per heavy atom. The second-order valence-corrected chi connectivity index (χ2v) is 7.47. The van der Waals surface area contributed by atoms with Crippen LogP contribution in [0.25, 0.3) is 16.7 Å². The molecular weight excluding hydrogens is 342 g/mol. The second kappa shape index (κ2) is 5.24. The van der Waals surface area contributed by atoms with Crippen LogP contribution in [0.1, 0.15) is 11.4 Å². The van der Waals surface area contributed by atoms with E-state index in [1.54, 1.807) is 30.1 Å². The summed E-state index contributed by atoms with van der Waals surface area (Å²) in [6.07, 6.45) is 4.35. The monoisotopic (exact) mass is 357 g/mol. The number of hydrogen-bond donors (Lipinski definition) is 1. The van der Waals surface area contributed by atoms with Crippen LogP contribution in [0.2, 0.25) is 0 Å². The smallest absolute Gasteiger partial charge is 0.263 e. The highest BCUT2D eigenvalue weighted by molar-refractivity contribution is 7.92. The van der Waals surface area contributed by atoms with Gasteiger partial charge in [0.25, 0.3) is 10.0 Å². The summed E-state index contributed by atoms with van der Waals surface area (Å²) >= 11 is 0. The summed E-state index contributed by atoms with van der Waals surface area (Å²) in [4.78, 5) is 8.47. The Labute approximate surface area is 143 Å². The van der Waals surface area contributed by atoms with E-state index in [0.29, 0.717) is 22.4 Å². The summed E-state index contributed by atoms with van der Waals surface area (Å²) in [7, 11) is -2.04. The molecule has 0 atom stereocenters. The summed E-state index contributed by atoms with van der Waals surface area (Å²) in [5.74, 6) is 0. The molecule has 0 aliphatic carbocycles. The molecule has 0 bridgehead atoms. The van der Waals surface area contributed by atoms with Crippen molar-refractivity contribution in [2.45, 2.75) is 18.7 Å². The number of anilines is 1. The Morgan fingerprint density at radius 3 is 2.68 bits per heavy atom. The molecule has 128 valence electrons. The van der Waals surface area contributed by atoms with Crippen molar-refractivity contribution in [2.75, 3.05) is 4.72 Å². The van der Waals surface area contributed by atoms with Crippen LogP contribution < -0.4 is 4.72 Å². The van der Waals surface area contributed by atoms with E-state index in [9.17, 15) is 8.42 Å². The summed E-state index contributed by atoms with van der Waals surface area (Å²) in [5.41, 5.74) is 3.12. The molecule has 4 aromatic rings. The third kappa shape index (κ3) is 2.60. The maximum atomic E-state index is 12.7. The predicted octanol–water partition coefficient (Wildman–Crippen LogP) is 1.43. The van der Waals surface area contributed by atoms with Crippen molar-refractivity contribution in [1.29, 1.82) is 0 Å². The van der Waals surface area contributed by atoms with Gasteiger partial charge in [-0.25, -0.2) is 22.9 Å². The fraction of sp³-hybridized carbons (Fsp3) is 0.200. The molecule has 0 spiro atoms. The Balaban J connectivity index is 1.74. The minimum absolute atomic E-state index is 0.0628. The van der Waals surface area contributed by atoms with Crippen LogP contribution in [-0.2, 0) is 17.1 Å². The SMILES string of the molecule is Cc1cc2ncc(NS(=O)(=O)c3cnc4c(c3)c(C)nn4C)cn2n1. The minimum atomic E-state index is -3.80. The second-order valence-electron chi connectivity index (χ2n) is 5.79. The van der Waals surface area contributed by atoms with Gasteiger partial charge in [-0.15, -0.1) is 0 Å². The normalized spacial score (nSPS) is 12.1. The number of nitrogens with one attached hydrogen (secondary N) is 1. The summed E-state index contributed by atoms with van der Waals surface area (Å²) in [6, 6.07) is 3.37. The Hall–Kier alpha value is -3.01. The van der Waals surface area contributed by atoms with Crippen molar-refractivity contribution in [3.05, 3.63) is 42.1 Å². The van der Waals surface area contributed by atoms with E-state index < -0.39 is 10.0 Å². The fourth-order valence-corrected chi connectivity index (χ4v) is 3.70. The number of nitrogens with zero attached hydrogens (tertiary/aromatic N) is 6. The average molecular weight is 357 g/mol. The number of aromatic nitrogens is 6. The molecule has 0 fully saturated rings. The van der Waals surface area contributed by atoms with Gasteiger partial charge in [-0.05, 0) is 19.9 Å². The molecule has 0 aliphatic heterocycles. The van der Waals surface area contributed by atoms with Crippen LogP contribution >= 0.6 is 0 Å². The van der Waals surface area contributed by atoms with Crippen molar-refractivity contribution >= 4 is 32.4 Å². The van der Waals surface area contributed by atoms with E-state index in [4.69, 9.17) is 0 Å². The first-order valence-corrected chi connectivity index (χ1v) is 8.96. The molecule has 0 saturated heterocycles.